The molecular weight excluding hydrogens is 176 g/mol. The number of nitrogens with zero attached hydrogens (tertiary/aromatic N) is 3. The van der Waals surface area contributed by atoms with E-state index in [4.69, 9.17) is 0 Å². The highest BCUT2D eigenvalue weighted by Gasteiger charge is 2.01. The number of fused-ring (bicyclic) bond motifs is 1. The van der Waals surface area contributed by atoms with Crippen LogP contribution in [0.1, 0.15) is 18.3 Å². The van der Waals surface area contributed by atoms with Crippen LogP contribution >= 0.6 is 0 Å². The first-order valence-corrected chi connectivity index (χ1v) is 4.82. The van der Waals surface area contributed by atoms with Crippen molar-refractivity contribution in [2.24, 2.45) is 0 Å². The first-order chi connectivity index (χ1) is 6.83. The average molecular weight is 190 g/mol. The third-order valence-corrected chi connectivity index (χ3v) is 2.13. The van der Waals surface area contributed by atoms with E-state index in [-0.39, 0.29) is 0 Å². The summed E-state index contributed by atoms with van der Waals surface area (Å²) in [7, 11) is 1.93. The SMILES string of the molecule is CCc1nc2ccc(CNC)cn2n1. The Kier molecular flexibility index (Phi) is 2.45. The van der Waals surface area contributed by atoms with Gasteiger partial charge in [0.15, 0.2) is 11.5 Å². The molecule has 2 aromatic rings. The number of hydrogen-bond donors (Lipinski definition) is 1. The van der Waals surface area contributed by atoms with Gasteiger partial charge in [0.1, 0.15) is 0 Å². The molecule has 0 saturated carbocycles. The van der Waals surface area contributed by atoms with Crippen LogP contribution in [0.5, 0.6) is 0 Å². The van der Waals surface area contributed by atoms with Crippen LogP contribution in [-0.2, 0) is 13.0 Å². The number of nitrogens with one attached hydrogen (secondary N) is 1. The van der Waals surface area contributed by atoms with Crippen molar-refractivity contribution >= 4 is 5.65 Å². The van der Waals surface area contributed by atoms with Gasteiger partial charge in [-0.25, -0.2) is 9.50 Å². The molecular formula is C10H14N4. The van der Waals surface area contributed by atoms with Crippen molar-refractivity contribution in [3.63, 3.8) is 0 Å². The molecule has 0 spiro atoms. The van der Waals surface area contributed by atoms with E-state index < -0.39 is 0 Å². The predicted molar refractivity (Wildman–Crippen MR) is 55.1 cm³/mol. The van der Waals surface area contributed by atoms with Crippen molar-refractivity contribution in [3.05, 3.63) is 29.7 Å². The third kappa shape index (κ3) is 1.61. The largest absolute Gasteiger partial charge is 0.316 e. The minimum atomic E-state index is 0.858. The molecule has 0 amide bonds. The third-order valence-electron chi connectivity index (χ3n) is 2.13. The quantitative estimate of drug-likeness (QED) is 0.785. The summed E-state index contributed by atoms with van der Waals surface area (Å²) in [6.07, 6.45) is 2.89. The molecule has 0 atom stereocenters. The molecule has 14 heavy (non-hydrogen) atoms. The van der Waals surface area contributed by atoms with Crippen molar-refractivity contribution in [1.82, 2.24) is 19.9 Å². The molecule has 1 N–H and O–H groups in total. The van der Waals surface area contributed by atoms with Gasteiger partial charge < -0.3 is 5.32 Å². The Balaban J connectivity index is 2.43. The molecule has 0 aliphatic carbocycles. The van der Waals surface area contributed by atoms with Crippen LogP contribution in [0.15, 0.2) is 18.3 Å². The molecule has 4 heteroatoms. The van der Waals surface area contributed by atoms with Gasteiger partial charge in [0.2, 0.25) is 0 Å². The van der Waals surface area contributed by atoms with Gasteiger partial charge in [-0.15, -0.1) is 0 Å². The summed E-state index contributed by atoms with van der Waals surface area (Å²) in [5.74, 6) is 0.895. The Morgan fingerprint density at radius 1 is 1.43 bits per heavy atom. The van der Waals surface area contributed by atoms with Crippen LogP contribution in [-0.4, -0.2) is 21.6 Å². The zero-order chi connectivity index (χ0) is 9.97. The summed E-state index contributed by atoms with van der Waals surface area (Å²) in [5.41, 5.74) is 2.13. The Hall–Kier alpha value is -1.42. The fourth-order valence-corrected chi connectivity index (χ4v) is 1.43. The van der Waals surface area contributed by atoms with Gasteiger partial charge in [0.05, 0.1) is 0 Å². The molecule has 2 heterocycles. The maximum absolute atomic E-state index is 4.36. The van der Waals surface area contributed by atoms with Crippen LogP contribution in [0.25, 0.3) is 5.65 Å². The fraction of sp³-hybridized carbons (Fsp3) is 0.400. The van der Waals surface area contributed by atoms with Gasteiger partial charge in [-0.3, -0.25) is 0 Å². The van der Waals surface area contributed by atoms with Crippen LogP contribution in [0.2, 0.25) is 0 Å². The molecule has 2 rings (SSSR count). The summed E-state index contributed by atoms with van der Waals surface area (Å²) < 4.78 is 1.84. The lowest BCUT2D eigenvalue weighted by atomic mass is 10.3. The second-order valence-corrected chi connectivity index (χ2v) is 3.25. The van der Waals surface area contributed by atoms with E-state index in [0.29, 0.717) is 0 Å². The molecule has 0 aromatic carbocycles. The monoisotopic (exact) mass is 190 g/mol. The maximum atomic E-state index is 4.36. The summed E-state index contributed by atoms with van der Waals surface area (Å²) >= 11 is 0. The van der Waals surface area contributed by atoms with Crippen LogP contribution < -0.4 is 5.32 Å². The van der Waals surface area contributed by atoms with Gasteiger partial charge in [-0.2, -0.15) is 5.10 Å². The first-order valence-electron chi connectivity index (χ1n) is 4.82. The zero-order valence-electron chi connectivity index (χ0n) is 8.49. The zero-order valence-corrected chi connectivity index (χ0v) is 8.49. The van der Waals surface area contributed by atoms with Crippen molar-refractivity contribution in [1.29, 1.82) is 0 Å². The van der Waals surface area contributed by atoms with E-state index in [1.807, 2.05) is 23.8 Å². The summed E-state index contributed by atoms with van der Waals surface area (Å²) in [5, 5.41) is 7.46. The number of aryl methyl sites for hydroxylation is 1. The van der Waals surface area contributed by atoms with Gasteiger partial charge in [0.25, 0.3) is 0 Å². The fourth-order valence-electron chi connectivity index (χ4n) is 1.43. The molecule has 0 aliphatic rings. The highest BCUT2D eigenvalue weighted by Crippen LogP contribution is 2.05. The number of hydrogen-bond acceptors (Lipinski definition) is 3. The normalized spacial score (nSPS) is 11.0. The van der Waals surface area contributed by atoms with Gasteiger partial charge in [0, 0.05) is 19.2 Å². The number of aromatic nitrogens is 3. The number of rotatable bonds is 3. The highest BCUT2D eigenvalue weighted by atomic mass is 15.3. The highest BCUT2D eigenvalue weighted by molar-refractivity contribution is 5.38. The standard InChI is InChI=1S/C10H14N4/c1-3-9-12-10-5-4-8(6-11-2)7-14(10)13-9/h4-5,7,11H,3,6H2,1-2H3. The first kappa shape index (κ1) is 9.15. The molecule has 4 nitrogen and oxygen atoms in total. The molecule has 0 bridgehead atoms. The van der Waals surface area contributed by atoms with Crippen LogP contribution in [0.4, 0.5) is 0 Å². The van der Waals surface area contributed by atoms with Gasteiger partial charge in [-0.1, -0.05) is 13.0 Å². The average Bonchev–Trinajstić information content (AvgIpc) is 2.60. The maximum Gasteiger partial charge on any atom is 0.155 e. The summed E-state index contributed by atoms with van der Waals surface area (Å²) in [4.78, 5) is 4.36. The van der Waals surface area contributed by atoms with E-state index in [1.54, 1.807) is 0 Å². The molecule has 0 fully saturated rings. The predicted octanol–water partition coefficient (Wildman–Crippen LogP) is 1.01. The second kappa shape index (κ2) is 3.75. The van der Waals surface area contributed by atoms with Crippen LogP contribution in [0, 0.1) is 0 Å². The lowest BCUT2D eigenvalue weighted by molar-refractivity contribution is 0.798. The van der Waals surface area contributed by atoms with E-state index in [1.165, 1.54) is 5.56 Å². The van der Waals surface area contributed by atoms with Crippen molar-refractivity contribution in [2.45, 2.75) is 19.9 Å². The lowest BCUT2D eigenvalue weighted by Crippen LogP contribution is -2.05. The van der Waals surface area contributed by atoms with Crippen molar-refractivity contribution < 1.29 is 0 Å². The molecule has 0 saturated heterocycles. The minimum Gasteiger partial charge on any atom is -0.316 e. The summed E-state index contributed by atoms with van der Waals surface area (Å²) in [6.45, 7) is 2.92. The van der Waals surface area contributed by atoms with Crippen molar-refractivity contribution in [2.75, 3.05) is 7.05 Å². The van der Waals surface area contributed by atoms with Gasteiger partial charge >= 0.3 is 0 Å². The molecule has 74 valence electrons. The van der Waals surface area contributed by atoms with Gasteiger partial charge in [-0.05, 0) is 18.7 Å². The molecule has 0 unspecified atom stereocenters. The lowest BCUT2D eigenvalue weighted by Gasteiger charge is -1.98. The Morgan fingerprint density at radius 2 is 2.29 bits per heavy atom. The molecule has 2 aromatic heterocycles. The summed E-state index contributed by atoms with van der Waals surface area (Å²) in [6, 6.07) is 4.07. The van der Waals surface area contributed by atoms with E-state index in [2.05, 4.69) is 28.4 Å². The molecule has 0 aliphatic heterocycles. The van der Waals surface area contributed by atoms with Crippen molar-refractivity contribution in [3.8, 4) is 0 Å². The Morgan fingerprint density at radius 3 is 3.00 bits per heavy atom. The number of pyridine rings is 1. The van der Waals surface area contributed by atoms with E-state index in [0.717, 1.165) is 24.4 Å². The topological polar surface area (TPSA) is 42.2 Å². The van der Waals surface area contributed by atoms with E-state index >= 15 is 0 Å². The smallest absolute Gasteiger partial charge is 0.155 e. The van der Waals surface area contributed by atoms with E-state index in [9.17, 15) is 0 Å². The Bertz CT molecular complexity index is 433. The minimum absolute atomic E-state index is 0.858. The van der Waals surface area contributed by atoms with Crippen LogP contribution in [0.3, 0.4) is 0 Å². The Labute approximate surface area is 83.0 Å². The molecule has 0 radical (unpaired) electrons. The second-order valence-electron chi connectivity index (χ2n) is 3.25.